The molecule has 0 aliphatic heterocycles. The van der Waals surface area contributed by atoms with Crippen molar-refractivity contribution in [2.45, 2.75) is 52.5 Å². The Kier molecular flexibility index (Phi) is 7.01. The van der Waals surface area contributed by atoms with Crippen molar-refractivity contribution in [3.63, 3.8) is 0 Å². The molecule has 7 heteroatoms. The van der Waals surface area contributed by atoms with E-state index in [9.17, 15) is 0 Å². The topological polar surface area (TPSA) is 68.3 Å². The second-order valence-electron chi connectivity index (χ2n) is 9.73. The third-order valence-electron chi connectivity index (χ3n) is 6.09. The number of aryl methyl sites for hydroxylation is 1. The number of benzene rings is 2. The number of halogens is 1. The molecule has 0 saturated carbocycles. The number of nitrogens with zero attached hydrogens (tertiary/aromatic N) is 2. The molecule has 0 amide bonds. The van der Waals surface area contributed by atoms with Crippen molar-refractivity contribution in [3.05, 3.63) is 58.2 Å². The Morgan fingerprint density at radius 2 is 1.97 bits per heavy atom. The predicted octanol–water partition coefficient (Wildman–Crippen LogP) is 6.07. The molecule has 2 N–H and O–H groups in total. The second-order valence-corrected chi connectivity index (χ2v) is 10.1. The lowest BCUT2D eigenvalue weighted by atomic mass is 9.72. The maximum Gasteiger partial charge on any atom is 0.227 e. The van der Waals surface area contributed by atoms with Crippen molar-refractivity contribution in [3.8, 4) is 22.8 Å². The van der Waals surface area contributed by atoms with Gasteiger partial charge in [0.25, 0.3) is 0 Å². The fourth-order valence-corrected chi connectivity index (χ4v) is 4.77. The van der Waals surface area contributed by atoms with Crippen LogP contribution in [0.5, 0.6) is 11.5 Å². The van der Waals surface area contributed by atoms with Gasteiger partial charge in [-0.1, -0.05) is 45.4 Å². The molecule has 0 spiro atoms. The van der Waals surface area contributed by atoms with Crippen LogP contribution >= 0.6 is 11.6 Å². The Morgan fingerprint density at radius 1 is 1.18 bits per heavy atom. The monoisotopic (exact) mass is 480 g/mol. The molecule has 1 aromatic heterocycles. The SMILES string of the molecule is COc1ccc2c(c1)-c1nc(Nc3cc(C)c(OCCNC(C)C)c(Cl)c3)ncc1CC2(C)C. The normalized spacial score (nSPS) is 13.9. The van der Waals surface area contributed by atoms with Crippen LogP contribution in [-0.2, 0) is 11.8 Å². The van der Waals surface area contributed by atoms with E-state index in [0.717, 1.165) is 46.8 Å². The molecule has 1 heterocycles. The Morgan fingerprint density at radius 3 is 2.68 bits per heavy atom. The summed E-state index contributed by atoms with van der Waals surface area (Å²) in [6.07, 6.45) is 2.80. The van der Waals surface area contributed by atoms with Crippen molar-refractivity contribution >= 4 is 23.2 Å². The Bertz CT molecular complexity index is 1170. The van der Waals surface area contributed by atoms with Crippen LogP contribution in [0.1, 0.15) is 44.4 Å². The van der Waals surface area contributed by atoms with Gasteiger partial charge in [0.1, 0.15) is 18.1 Å². The molecular weight excluding hydrogens is 448 g/mol. The van der Waals surface area contributed by atoms with Gasteiger partial charge in [-0.3, -0.25) is 0 Å². The van der Waals surface area contributed by atoms with Crippen LogP contribution in [0.4, 0.5) is 11.6 Å². The summed E-state index contributed by atoms with van der Waals surface area (Å²) in [5.41, 5.74) is 6.18. The van der Waals surface area contributed by atoms with E-state index in [1.54, 1.807) is 7.11 Å². The van der Waals surface area contributed by atoms with E-state index in [1.165, 1.54) is 5.56 Å². The maximum atomic E-state index is 6.55. The molecule has 6 nitrogen and oxygen atoms in total. The highest BCUT2D eigenvalue weighted by Crippen LogP contribution is 2.43. The Labute approximate surface area is 207 Å². The molecule has 0 bridgehead atoms. The van der Waals surface area contributed by atoms with Crippen molar-refractivity contribution in [2.75, 3.05) is 25.6 Å². The third-order valence-corrected chi connectivity index (χ3v) is 6.38. The fourth-order valence-electron chi connectivity index (χ4n) is 4.45. The van der Waals surface area contributed by atoms with Gasteiger partial charge in [0.2, 0.25) is 5.95 Å². The first kappa shape index (κ1) is 24.3. The number of ether oxygens (including phenoxy) is 2. The second kappa shape index (κ2) is 9.80. The molecule has 2 aromatic carbocycles. The number of methoxy groups -OCH3 is 1. The predicted molar refractivity (Wildman–Crippen MR) is 139 cm³/mol. The molecule has 0 atom stereocenters. The van der Waals surface area contributed by atoms with Crippen molar-refractivity contribution in [1.29, 1.82) is 0 Å². The highest BCUT2D eigenvalue weighted by molar-refractivity contribution is 6.32. The first-order valence-corrected chi connectivity index (χ1v) is 12.0. The fraction of sp³-hybridized carbons (Fsp3) is 0.407. The molecular formula is C27H33ClN4O2. The van der Waals surface area contributed by atoms with Gasteiger partial charge in [0.05, 0.1) is 17.8 Å². The third kappa shape index (κ3) is 5.13. The first-order valence-electron chi connectivity index (χ1n) is 11.7. The average molecular weight is 481 g/mol. The standard InChI is InChI=1S/C27H33ClN4O2/c1-16(2)29-9-10-34-25-17(3)11-19(12-23(25)28)31-26-30-15-18-14-27(4,5)22-8-7-20(33-6)13-21(22)24(18)32-26/h7-8,11-13,15-16,29H,9-10,14H2,1-6H3,(H,30,31,32). The number of nitrogens with one attached hydrogen (secondary N) is 2. The minimum Gasteiger partial charge on any atom is -0.497 e. The maximum absolute atomic E-state index is 6.55. The Balaban J connectivity index is 1.58. The molecule has 180 valence electrons. The van der Waals surface area contributed by atoms with E-state index < -0.39 is 0 Å². The van der Waals surface area contributed by atoms with Crippen molar-refractivity contribution in [1.82, 2.24) is 15.3 Å². The first-order chi connectivity index (χ1) is 16.2. The summed E-state index contributed by atoms with van der Waals surface area (Å²) in [6.45, 7) is 12.0. The summed E-state index contributed by atoms with van der Waals surface area (Å²) in [5.74, 6) is 2.04. The van der Waals surface area contributed by atoms with Crippen LogP contribution in [0.15, 0.2) is 36.5 Å². The van der Waals surface area contributed by atoms with Crippen LogP contribution in [0, 0.1) is 6.92 Å². The zero-order valence-corrected chi connectivity index (χ0v) is 21.5. The number of hydrogen-bond acceptors (Lipinski definition) is 6. The number of aromatic nitrogens is 2. The molecule has 0 fully saturated rings. The summed E-state index contributed by atoms with van der Waals surface area (Å²) in [4.78, 5) is 9.48. The molecule has 3 aromatic rings. The minimum absolute atomic E-state index is 0.00192. The van der Waals surface area contributed by atoms with Crippen molar-refractivity contribution < 1.29 is 9.47 Å². The van der Waals surface area contributed by atoms with E-state index in [0.29, 0.717) is 29.4 Å². The lowest BCUT2D eigenvalue weighted by molar-refractivity contribution is 0.307. The van der Waals surface area contributed by atoms with E-state index in [4.69, 9.17) is 26.1 Å². The van der Waals surface area contributed by atoms with E-state index in [1.807, 2.05) is 31.3 Å². The smallest absolute Gasteiger partial charge is 0.227 e. The summed E-state index contributed by atoms with van der Waals surface area (Å²) in [7, 11) is 1.68. The largest absolute Gasteiger partial charge is 0.497 e. The lowest BCUT2D eigenvalue weighted by Crippen LogP contribution is -2.27. The summed E-state index contributed by atoms with van der Waals surface area (Å²) in [5, 5.41) is 7.21. The van der Waals surface area contributed by atoms with Crippen LogP contribution in [0.3, 0.4) is 0 Å². The quantitative estimate of drug-likeness (QED) is 0.381. The van der Waals surface area contributed by atoms with Crippen molar-refractivity contribution in [2.24, 2.45) is 0 Å². The molecule has 34 heavy (non-hydrogen) atoms. The van der Waals surface area contributed by atoms with E-state index in [2.05, 4.69) is 55.4 Å². The van der Waals surface area contributed by atoms with Crippen LogP contribution in [-0.4, -0.2) is 36.3 Å². The number of anilines is 2. The van der Waals surface area contributed by atoms with E-state index >= 15 is 0 Å². The average Bonchev–Trinajstić information content (AvgIpc) is 2.78. The zero-order valence-electron chi connectivity index (χ0n) is 20.8. The van der Waals surface area contributed by atoms with Crippen LogP contribution in [0.25, 0.3) is 11.3 Å². The summed E-state index contributed by atoms with van der Waals surface area (Å²) >= 11 is 6.55. The molecule has 0 unspecified atom stereocenters. The number of hydrogen-bond donors (Lipinski definition) is 2. The number of fused-ring (bicyclic) bond motifs is 3. The number of rotatable bonds is 8. The Hall–Kier alpha value is -2.83. The zero-order chi connectivity index (χ0) is 24.5. The van der Waals surface area contributed by atoms with Crippen LogP contribution in [0.2, 0.25) is 5.02 Å². The molecule has 1 aliphatic carbocycles. The highest BCUT2D eigenvalue weighted by atomic mass is 35.5. The van der Waals surface area contributed by atoms with Gasteiger partial charge in [-0.05, 0) is 59.7 Å². The lowest BCUT2D eigenvalue weighted by Gasteiger charge is -2.33. The van der Waals surface area contributed by atoms with Gasteiger partial charge < -0.3 is 20.1 Å². The summed E-state index contributed by atoms with van der Waals surface area (Å²) in [6, 6.07) is 10.5. The van der Waals surface area contributed by atoms with Gasteiger partial charge in [0.15, 0.2) is 0 Å². The molecule has 0 radical (unpaired) electrons. The van der Waals surface area contributed by atoms with Gasteiger partial charge in [-0.2, -0.15) is 0 Å². The highest BCUT2D eigenvalue weighted by Gasteiger charge is 2.32. The van der Waals surface area contributed by atoms with Gasteiger partial charge in [0, 0.05) is 30.0 Å². The van der Waals surface area contributed by atoms with Crippen LogP contribution < -0.4 is 20.1 Å². The molecule has 1 aliphatic rings. The van der Waals surface area contributed by atoms with Gasteiger partial charge >= 0.3 is 0 Å². The molecule has 4 rings (SSSR count). The van der Waals surface area contributed by atoms with E-state index in [-0.39, 0.29) is 5.41 Å². The van der Waals surface area contributed by atoms with Gasteiger partial charge in [-0.15, -0.1) is 0 Å². The minimum atomic E-state index is -0.00192. The summed E-state index contributed by atoms with van der Waals surface area (Å²) < 4.78 is 11.4. The van der Waals surface area contributed by atoms with Gasteiger partial charge in [-0.25, -0.2) is 9.97 Å². The molecule has 0 saturated heterocycles.